The molecule has 0 aliphatic carbocycles. The Morgan fingerprint density at radius 3 is 2.96 bits per heavy atom. The zero-order valence-corrected chi connectivity index (χ0v) is 14.9. The maximum absolute atomic E-state index is 11.2. The molecule has 1 aromatic carbocycles. The lowest BCUT2D eigenvalue weighted by molar-refractivity contribution is -0.0442. The van der Waals surface area contributed by atoms with Crippen LogP contribution in [-0.2, 0) is 4.74 Å². The van der Waals surface area contributed by atoms with Crippen molar-refractivity contribution in [1.29, 1.82) is 0 Å². The lowest BCUT2D eigenvalue weighted by atomic mass is 9.97. The summed E-state index contributed by atoms with van der Waals surface area (Å²) >= 11 is 0. The van der Waals surface area contributed by atoms with Crippen molar-refractivity contribution >= 4 is 11.8 Å². The molecule has 0 unspecified atom stereocenters. The normalized spacial score (nSPS) is 19.8. The average Bonchev–Trinajstić information content (AvgIpc) is 2.66. The SMILES string of the molecule is COc1c(NC[C@H]2CCC[C@@H](c3cccc(C)c3)O2)ncnc1C(=O)O. The molecule has 2 atom stereocenters. The van der Waals surface area contributed by atoms with Gasteiger partial charge in [-0.05, 0) is 31.7 Å². The van der Waals surface area contributed by atoms with Crippen LogP contribution < -0.4 is 10.1 Å². The van der Waals surface area contributed by atoms with E-state index in [1.807, 2.05) is 0 Å². The van der Waals surface area contributed by atoms with E-state index in [0.29, 0.717) is 12.4 Å². The first-order chi connectivity index (χ1) is 12.6. The average molecular weight is 357 g/mol. The summed E-state index contributed by atoms with van der Waals surface area (Å²) in [5.41, 5.74) is 2.26. The topological polar surface area (TPSA) is 93.6 Å². The van der Waals surface area contributed by atoms with Gasteiger partial charge >= 0.3 is 5.97 Å². The number of aromatic nitrogens is 2. The van der Waals surface area contributed by atoms with Crippen LogP contribution in [0.15, 0.2) is 30.6 Å². The number of anilines is 1. The van der Waals surface area contributed by atoms with Crippen molar-refractivity contribution in [3.63, 3.8) is 0 Å². The zero-order valence-electron chi connectivity index (χ0n) is 14.9. The molecule has 7 nitrogen and oxygen atoms in total. The second-order valence-corrected chi connectivity index (χ2v) is 6.38. The molecule has 0 radical (unpaired) electrons. The monoisotopic (exact) mass is 357 g/mol. The first kappa shape index (κ1) is 18.1. The summed E-state index contributed by atoms with van der Waals surface area (Å²) in [5, 5.41) is 12.3. The minimum absolute atomic E-state index is 0.0159. The number of carboxylic acid groups (broad SMARTS) is 1. The number of hydrogen-bond acceptors (Lipinski definition) is 6. The number of aryl methyl sites for hydroxylation is 1. The van der Waals surface area contributed by atoms with Gasteiger partial charge in [0.15, 0.2) is 17.3 Å². The quantitative estimate of drug-likeness (QED) is 0.820. The van der Waals surface area contributed by atoms with Gasteiger partial charge in [0.1, 0.15) is 6.33 Å². The number of nitrogens with one attached hydrogen (secondary N) is 1. The molecule has 1 aromatic heterocycles. The lowest BCUT2D eigenvalue weighted by Crippen LogP contribution is -2.29. The van der Waals surface area contributed by atoms with Crippen molar-refractivity contribution in [2.45, 2.75) is 38.4 Å². The molecular formula is C19H23N3O4. The van der Waals surface area contributed by atoms with E-state index in [-0.39, 0.29) is 23.7 Å². The molecule has 0 amide bonds. The number of carbonyl (C=O) groups is 1. The van der Waals surface area contributed by atoms with Gasteiger partial charge in [-0.1, -0.05) is 29.8 Å². The van der Waals surface area contributed by atoms with Crippen LogP contribution in [0.1, 0.15) is 47.0 Å². The summed E-state index contributed by atoms with van der Waals surface area (Å²) in [5.74, 6) is -0.659. The van der Waals surface area contributed by atoms with Gasteiger partial charge in [-0.3, -0.25) is 0 Å². The van der Waals surface area contributed by atoms with Gasteiger partial charge in [0.2, 0.25) is 0 Å². The minimum Gasteiger partial charge on any atom is -0.491 e. The molecule has 1 fully saturated rings. The highest BCUT2D eigenvalue weighted by Gasteiger charge is 2.25. The van der Waals surface area contributed by atoms with Crippen LogP contribution >= 0.6 is 0 Å². The fraction of sp³-hybridized carbons (Fsp3) is 0.421. The minimum atomic E-state index is -1.15. The third-order valence-corrected chi connectivity index (χ3v) is 4.47. The van der Waals surface area contributed by atoms with E-state index in [4.69, 9.17) is 9.47 Å². The number of carboxylic acids is 1. The van der Waals surface area contributed by atoms with E-state index in [0.717, 1.165) is 19.3 Å². The van der Waals surface area contributed by atoms with Gasteiger partial charge in [0, 0.05) is 6.54 Å². The van der Waals surface area contributed by atoms with Crippen LogP contribution in [0.25, 0.3) is 0 Å². The molecule has 26 heavy (non-hydrogen) atoms. The lowest BCUT2D eigenvalue weighted by Gasteiger charge is -2.31. The second-order valence-electron chi connectivity index (χ2n) is 6.38. The fourth-order valence-corrected chi connectivity index (χ4v) is 3.22. The fourth-order valence-electron chi connectivity index (χ4n) is 3.22. The van der Waals surface area contributed by atoms with Crippen LogP contribution in [0.4, 0.5) is 5.82 Å². The van der Waals surface area contributed by atoms with Crippen LogP contribution in [0.3, 0.4) is 0 Å². The number of methoxy groups -OCH3 is 1. The summed E-state index contributed by atoms with van der Waals surface area (Å²) in [6.45, 7) is 2.60. The molecule has 2 N–H and O–H groups in total. The van der Waals surface area contributed by atoms with Crippen molar-refractivity contribution < 1.29 is 19.4 Å². The van der Waals surface area contributed by atoms with Crippen molar-refractivity contribution in [1.82, 2.24) is 9.97 Å². The Balaban J connectivity index is 1.67. The molecule has 3 rings (SSSR count). The maximum Gasteiger partial charge on any atom is 0.358 e. The maximum atomic E-state index is 11.2. The highest BCUT2D eigenvalue weighted by Crippen LogP contribution is 2.32. The van der Waals surface area contributed by atoms with Gasteiger partial charge in [0.25, 0.3) is 0 Å². The predicted molar refractivity (Wildman–Crippen MR) is 96.7 cm³/mol. The summed E-state index contributed by atoms with van der Waals surface area (Å²) in [7, 11) is 1.40. The first-order valence-electron chi connectivity index (χ1n) is 8.66. The van der Waals surface area contributed by atoms with Gasteiger partial charge in [-0.15, -0.1) is 0 Å². The van der Waals surface area contributed by atoms with Crippen molar-refractivity contribution in [2.75, 3.05) is 19.0 Å². The third kappa shape index (κ3) is 4.11. The summed E-state index contributed by atoms with van der Waals surface area (Å²) in [6, 6.07) is 8.38. The van der Waals surface area contributed by atoms with E-state index in [9.17, 15) is 9.90 Å². The van der Waals surface area contributed by atoms with Crippen LogP contribution in [0, 0.1) is 6.92 Å². The molecule has 138 valence electrons. The molecule has 0 bridgehead atoms. The standard InChI is InChI=1S/C19H23N3O4/c1-12-5-3-6-13(9-12)15-8-4-7-14(26-15)10-20-18-17(25-2)16(19(23)24)21-11-22-18/h3,5-6,9,11,14-15H,4,7-8,10H2,1-2H3,(H,23,24)(H,20,21,22)/t14-,15+/m1/s1. The molecule has 2 heterocycles. The van der Waals surface area contributed by atoms with E-state index in [1.165, 1.54) is 24.6 Å². The number of rotatable bonds is 6. The number of ether oxygens (including phenoxy) is 2. The second kappa shape index (κ2) is 8.14. The smallest absolute Gasteiger partial charge is 0.358 e. The zero-order chi connectivity index (χ0) is 18.5. The summed E-state index contributed by atoms with van der Waals surface area (Å²) in [4.78, 5) is 19.1. The van der Waals surface area contributed by atoms with E-state index in [1.54, 1.807) is 0 Å². The third-order valence-electron chi connectivity index (χ3n) is 4.47. The van der Waals surface area contributed by atoms with E-state index in [2.05, 4.69) is 46.5 Å². The van der Waals surface area contributed by atoms with E-state index >= 15 is 0 Å². The van der Waals surface area contributed by atoms with Crippen LogP contribution in [0.5, 0.6) is 5.75 Å². The molecular weight excluding hydrogens is 334 g/mol. The van der Waals surface area contributed by atoms with Gasteiger partial charge in [0.05, 0.1) is 19.3 Å². The molecule has 0 spiro atoms. The number of aromatic carboxylic acids is 1. The van der Waals surface area contributed by atoms with E-state index < -0.39 is 5.97 Å². The molecule has 1 saturated heterocycles. The molecule has 1 aliphatic rings. The van der Waals surface area contributed by atoms with Crippen molar-refractivity contribution in [2.24, 2.45) is 0 Å². The Kier molecular flexibility index (Phi) is 5.68. The summed E-state index contributed by atoms with van der Waals surface area (Å²) in [6.07, 6.45) is 4.33. The molecule has 7 heteroatoms. The Hall–Kier alpha value is -2.67. The number of nitrogens with zero attached hydrogens (tertiary/aromatic N) is 2. The van der Waals surface area contributed by atoms with Crippen LogP contribution in [0.2, 0.25) is 0 Å². The van der Waals surface area contributed by atoms with Gasteiger partial charge in [-0.2, -0.15) is 0 Å². The largest absolute Gasteiger partial charge is 0.491 e. The van der Waals surface area contributed by atoms with Crippen LogP contribution in [-0.4, -0.2) is 40.8 Å². The highest BCUT2D eigenvalue weighted by atomic mass is 16.5. The first-order valence-corrected chi connectivity index (χ1v) is 8.66. The Morgan fingerprint density at radius 1 is 1.38 bits per heavy atom. The van der Waals surface area contributed by atoms with Crippen molar-refractivity contribution in [3.05, 3.63) is 47.4 Å². The van der Waals surface area contributed by atoms with Gasteiger partial charge < -0.3 is 19.9 Å². The number of hydrogen-bond donors (Lipinski definition) is 2. The predicted octanol–water partition coefficient (Wildman–Crippen LogP) is 3.21. The molecule has 2 aromatic rings. The molecule has 1 aliphatic heterocycles. The number of benzene rings is 1. The Bertz CT molecular complexity index is 781. The molecule has 0 saturated carbocycles. The summed E-state index contributed by atoms with van der Waals surface area (Å²) < 4.78 is 11.4. The Morgan fingerprint density at radius 2 is 2.23 bits per heavy atom. The highest BCUT2D eigenvalue weighted by molar-refractivity contribution is 5.90. The van der Waals surface area contributed by atoms with Crippen molar-refractivity contribution in [3.8, 4) is 5.75 Å². The van der Waals surface area contributed by atoms with Gasteiger partial charge in [-0.25, -0.2) is 14.8 Å². The Labute approximate surface area is 152 Å².